The van der Waals surface area contributed by atoms with Crippen molar-refractivity contribution in [2.24, 2.45) is 0 Å². The van der Waals surface area contributed by atoms with Gasteiger partial charge in [-0.05, 0) is 48.7 Å². The fraction of sp³-hybridized carbons (Fsp3) is 0.185. The van der Waals surface area contributed by atoms with Crippen LogP contribution in [0, 0.1) is 6.92 Å². The minimum atomic E-state index is -0.111. The van der Waals surface area contributed by atoms with Crippen LogP contribution in [0.3, 0.4) is 0 Å². The molecular weight excluding hydrogens is 384 g/mol. The SMILES string of the molecule is CCNC(=O)Cc1cccc(N(Cc2ccc(C)cc2)C(=O)C=Cc2ccccc2)c1. The molecule has 1 N–H and O–H groups in total. The van der Waals surface area contributed by atoms with Crippen molar-refractivity contribution < 1.29 is 9.59 Å². The molecule has 3 aromatic rings. The Bertz CT molecular complexity index is 1040. The van der Waals surface area contributed by atoms with E-state index in [0.717, 1.165) is 22.4 Å². The second kappa shape index (κ2) is 10.9. The Morgan fingerprint density at radius 2 is 1.65 bits per heavy atom. The highest BCUT2D eigenvalue weighted by atomic mass is 16.2. The third-order valence-electron chi connectivity index (χ3n) is 4.91. The molecule has 0 saturated carbocycles. The zero-order chi connectivity index (χ0) is 22.1. The molecule has 31 heavy (non-hydrogen) atoms. The molecule has 0 aliphatic heterocycles. The van der Waals surface area contributed by atoms with E-state index in [2.05, 4.69) is 5.32 Å². The highest BCUT2D eigenvalue weighted by Gasteiger charge is 2.15. The Labute approximate surface area is 184 Å². The first-order valence-corrected chi connectivity index (χ1v) is 10.5. The molecular formula is C27H28N2O2. The van der Waals surface area contributed by atoms with Crippen molar-refractivity contribution in [3.63, 3.8) is 0 Å². The Morgan fingerprint density at radius 1 is 0.903 bits per heavy atom. The molecule has 2 amide bonds. The van der Waals surface area contributed by atoms with Crippen molar-refractivity contribution in [2.75, 3.05) is 11.4 Å². The van der Waals surface area contributed by atoms with Crippen LogP contribution in [0.1, 0.15) is 29.2 Å². The van der Waals surface area contributed by atoms with Crippen LogP contribution in [0.25, 0.3) is 6.08 Å². The molecule has 0 fully saturated rings. The van der Waals surface area contributed by atoms with Gasteiger partial charge in [-0.3, -0.25) is 9.59 Å². The van der Waals surface area contributed by atoms with Crippen LogP contribution >= 0.6 is 0 Å². The Hall–Kier alpha value is -3.66. The van der Waals surface area contributed by atoms with E-state index in [1.54, 1.807) is 11.0 Å². The number of carbonyl (C=O) groups is 2. The number of benzene rings is 3. The Morgan fingerprint density at radius 3 is 2.35 bits per heavy atom. The molecule has 0 unspecified atom stereocenters. The van der Waals surface area contributed by atoms with Gasteiger partial charge in [0.1, 0.15) is 0 Å². The number of rotatable bonds is 8. The minimum absolute atomic E-state index is 0.0277. The number of amides is 2. The van der Waals surface area contributed by atoms with E-state index in [4.69, 9.17) is 0 Å². The first kappa shape index (κ1) is 22.0. The number of nitrogens with zero attached hydrogens (tertiary/aromatic N) is 1. The maximum absolute atomic E-state index is 13.2. The van der Waals surface area contributed by atoms with Crippen LogP contribution in [-0.2, 0) is 22.6 Å². The van der Waals surface area contributed by atoms with Crippen molar-refractivity contribution in [1.82, 2.24) is 5.32 Å². The molecule has 0 saturated heterocycles. The largest absolute Gasteiger partial charge is 0.356 e. The molecule has 0 radical (unpaired) electrons. The van der Waals surface area contributed by atoms with Gasteiger partial charge < -0.3 is 10.2 Å². The van der Waals surface area contributed by atoms with Crippen molar-refractivity contribution in [1.29, 1.82) is 0 Å². The first-order valence-electron chi connectivity index (χ1n) is 10.5. The predicted octanol–water partition coefficient (Wildman–Crippen LogP) is 4.92. The van der Waals surface area contributed by atoms with E-state index in [1.807, 2.05) is 98.8 Å². The van der Waals surface area contributed by atoms with Crippen LogP contribution in [0.4, 0.5) is 5.69 Å². The van der Waals surface area contributed by atoms with Gasteiger partial charge in [0.25, 0.3) is 5.91 Å². The lowest BCUT2D eigenvalue weighted by atomic mass is 10.1. The number of likely N-dealkylation sites (N-methyl/N-ethyl adjacent to an activating group) is 1. The molecule has 0 aliphatic carbocycles. The summed E-state index contributed by atoms with van der Waals surface area (Å²) >= 11 is 0. The summed E-state index contributed by atoms with van der Waals surface area (Å²) < 4.78 is 0. The van der Waals surface area contributed by atoms with E-state index in [-0.39, 0.29) is 18.2 Å². The zero-order valence-electron chi connectivity index (χ0n) is 18.0. The molecule has 3 rings (SSSR count). The highest BCUT2D eigenvalue weighted by molar-refractivity contribution is 6.03. The molecule has 4 heteroatoms. The van der Waals surface area contributed by atoms with Crippen LogP contribution in [0.5, 0.6) is 0 Å². The summed E-state index contributed by atoms with van der Waals surface area (Å²) in [4.78, 5) is 26.9. The topological polar surface area (TPSA) is 49.4 Å². The third-order valence-corrected chi connectivity index (χ3v) is 4.91. The standard InChI is InChI=1S/C27H28N2O2/c1-3-28-26(30)19-24-10-7-11-25(18-24)29(20-23-14-12-21(2)13-15-23)27(31)17-16-22-8-5-4-6-9-22/h4-18H,3,19-20H2,1-2H3,(H,28,30). The second-order valence-corrected chi connectivity index (χ2v) is 7.45. The molecule has 0 bridgehead atoms. The number of carbonyl (C=O) groups excluding carboxylic acids is 2. The fourth-order valence-corrected chi connectivity index (χ4v) is 3.27. The number of hydrogen-bond donors (Lipinski definition) is 1. The van der Waals surface area contributed by atoms with Crippen LogP contribution in [0.2, 0.25) is 0 Å². The number of hydrogen-bond acceptors (Lipinski definition) is 2. The number of aryl methyl sites for hydroxylation is 1. The van der Waals surface area contributed by atoms with Crippen molar-refractivity contribution >= 4 is 23.6 Å². The van der Waals surface area contributed by atoms with Crippen LogP contribution < -0.4 is 10.2 Å². The summed E-state index contributed by atoms with van der Waals surface area (Å²) in [6.45, 7) is 4.99. The third kappa shape index (κ3) is 6.68. The second-order valence-electron chi connectivity index (χ2n) is 7.45. The number of nitrogens with one attached hydrogen (secondary N) is 1. The summed E-state index contributed by atoms with van der Waals surface area (Å²) in [5.41, 5.74) is 4.83. The highest BCUT2D eigenvalue weighted by Crippen LogP contribution is 2.21. The summed E-state index contributed by atoms with van der Waals surface area (Å²) in [6.07, 6.45) is 3.71. The summed E-state index contributed by atoms with van der Waals surface area (Å²) in [6, 6.07) is 25.5. The first-order chi connectivity index (χ1) is 15.0. The molecule has 0 heterocycles. The van der Waals surface area contributed by atoms with E-state index in [9.17, 15) is 9.59 Å². The van der Waals surface area contributed by atoms with E-state index >= 15 is 0 Å². The maximum atomic E-state index is 13.2. The van der Waals surface area contributed by atoms with E-state index in [1.165, 1.54) is 5.56 Å². The number of anilines is 1. The van der Waals surface area contributed by atoms with E-state index in [0.29, 0.717) is 13.1 Å². The van der Waals surface area contributed by atoms with Crippen molar-refractivity contribution in [2.45, 2.75) is 26.8 Å². The van der Waals surface area contributed by atoms with Gasteiger partial charge in [0.2, 0.25) is 5.91 Å². The Balaban J connectivity index is 1.87. The molecule has 0 atom stereocenters. The lowest BCUT2D eigenvalue weighted by molar-refractivity contribution is -0.120. The maximum Gasteiger partial charge on any atom is 0.251 e. The van der Waals surface area contributed by atoms with Crippen LogP contribution in [0.15, 0.2) is 84.9 Å². The van der Waals surface area contributed by atoms with E-state index < -0.39 is 0 Å². The predicted molar refractivity (Wildman–Crippen MR) is 127 cm³/mol. The van der Waals surface area contributed by atoms with Gasteiger partial charge in [0.05, 0.1) is 13.0 Å². The van der Waals surface area contributed by atoms with Crippen molar-refractivity contribution in [3.05, 3.63) is 107 Å². The molecule has 0 aliphatic rings. The van der Waals surface area contributed by atoms with Gasteiger partial charge in [-0.15, -0.1) is 0 Å². The van der Waals surface area contributed by atoms with Gasteiger partial charge in [-0.25, -0.2) is 0 Å². The quantitative estimate of drug-likeness (QED) is 0.534. The molecule has 0 spiro atoms. The van der Waals surface area contributed by atoms with Gasteiger partial charge in [0.15, 0.2) is 0 Å². The lowest BCUT2D eigenvalue weighted by Crippen LogP contribution is -2.29. The van der Waals surface area contributed by atoms with Gasteiger partial charge >= 0.3 is 0 Å². The van der Waals surface area contributed by atoms with Crippen LogP contribution in [-0.4, -0.2) is 18.4 Å². The summed E-state index contributed by atoms with van der Waals surface area (Å²) in [5, 5.41) is 2.82. The average molecular weight is 413 g/mol. The van der Waals surface area contributed by atoms with Gasteiger partial charge in [0, 0.05) is 18.3 Å². The molecule has 0 aromatic heterocycles. The summed E-state index contributed by atoms with van der Waals surface area (Å²) in [7, 11) is 0. The normalized spacial score (nSPS) is 10.8. The fourth-order valence-electron chi connectivity index (χ4n) is 3.27. The Kier molecular flexibility index (Phi) is 7.77. The molecule has 3 aromatic carbocycles. The molecule has 4 nitrogen and oxygen atoms in total. The monoisotopic (exact) mass is 412 g/mol. The zero-order valence-corrected chi connectivity index (χ0v) is 18.0. The smallest absolute Gasteiger partial charge is 0.251 e. The van der Waals surface area contributed by atoms with Gasteiger partial charge in [-0.2, -0.15) is 0 Å². The van der Waals surface area contributed by atoms with Gasteiger partial charge in [-0.1, -0.05) is 72.3 Å². The van der Waals surface area contributed by atoms with Crippen molar-refractivity contribution in [3.8, 4) is 0 Å². The lowest BCUT2D eigenvalue weighted by Gasteiger charge is -2.22. The molecule has 158 valence electrons. The summed E-state index contributed by atoms with van der Waals surface area (Å²) in [5.74, 6) is -0.139. The minimum Gasteiger partial charge on any atom is -0.356 e. The average Bonchev–Trinajstić information content (AvgIpc) is 2.78.